The molecule has 1 heterocycles. The van der Waals surface area contributed by atoms with E-state index < -0.39 is 11.9 Å². The summed E-state index contributed by atoms with van der Waals surface area (Å²) in [6.07, 6.45) is 0.887. The second kappa shape index (κ2) is 4.20. The van der Waals surface area contributed by atoms with Crippen LogP contribution in [0.5, 0.6) is 0 Å². The van der Waals surface area contributed by atoms with Crippen molar-refractivity contribution in [3.05, 3.63) is 29.5 Å². The number of nitrogens with zero attached hydrogens (tertiary/aromatic N) is 2. The summed E-state index contributed by atoms with van der Waals surface area (Å²) in [6, 6.07) is 5.68. The average molecular weight is 232 g/mol. The van der Waals surface area contributed by atoms with Crippen LogP contribution in [0.1, 0.15) is 31.0 Å². The zero-order chi connectivity index (χ0) is 12.6. The van der Waals surface area contributed by atoms with Gasteiger partial charge in [0, 0.05) is 18.1 Å². The molecule has 1 N–H and O–H groups in total. The van der Waals surface area contributed by atoms with Crippen molar-refractivity contribution in [3.63, 3.8) is 0 Å². The summed E-state index contributed by atoms with van der Waals surface area (Å²) in [6.45, 7) is 3.77. The lowest BCUT2D eigenvalue weighted by molar-refractivity contribution is -0.138. The van der Waals surface area contributed by atoms with Crippen LogP contribution in [0.3, 0.4) is 0 Å². The van der Waals surface area contributed by atoms with Crippen LogP contribution in [-0.2, 0) is 18.3 Å². The summed E-state index contributed by atoms with van der Waals surface area (Å²) < 4.78 is 1.86. The van der Waals surface area contributed by atoms with Gasteiger partial charge in [0.15, 0.2) is 0 Å². The van der Waals surface area contributed by atoms with Crippen LogP contribution in [-0.4, -0.2) is 20.9 Å². The third kappa shape index (κ3) is 1.90. The topological polar surface area (TPSA) is 55.1 Å². The molecule has 0 aliphatic rings. The van der Waals surface area contributed by atoms with Gasteiger partial charge in [0.2, 0.25) is 0 Å². The molecule has 2 rings (SSSR count). The lowest BCUT2D eigenvalue weighted by Gasteiger charge is -2.06. The summed E-state index contributed by atoms with van der Waals surface area (Å²) in [4.78, 5) is 11.0. The molecule has 1 unspecified atom stereocenters. The van der Waals surface area contributed by atoms with E-state index in [2.05, 4.69) is 12.0 Å². The highest BCUT2D eigenvalue weighted by Crippen LogP contribution is 2.24. The Morgan fingerprint density at radius 3 is 2.82 bits per heavy atom. The van der Waals surface area contributed by atoms with E-state index in [1.807, 2.05) is 29.9 Å². The molecule has 0 amide bonds. The van der Waals surface area contributed by atoms with Gasteiger partial charge in [0.25, 0.3) is 0 Å². The molecule has 17 heavy (non-hydrogen) atoms. The molecule has 0 spiro atoms. The standard InChI is InChI=1S/C13H16N2O2/c1-4-12-10-7-9(8(2)13(16)17)5-6-11(10)14-15(12)3/h5-8H,4H2,1-3H3,(H,16,17). The Balaban J connectivity index is 2.59. The number of hydrogen-bond donors (Lipinski definition) is 1. The van der Waals surface area contributed by atoms with Crippen molar-refractivity contribution >= 4 is 16.9 Å². The van der Waals surface area contributed by atoms with Crippen molar-refractivity contribution in [3.8, 4) is 0 Å². The van der Waals surface area contributed by atoms with E-state index in [0.717, 1.165) is 28.6 Å². The molecular formula is C13H16N2O2. The first-order valence-electron chi connectivity index (χ1n) is 5.73. The van der Waals surface area contributed by atoms with E-state index >= 15 is 0 Å². The zero-order valence-corrected chi connectivity index (χ0v) is 10.3. The lowest BCUT2D eigenvalue weighted by Crippen LogP contribution is -2.07. The van der Waals surface area contributed by atoms with E-state index in [9.17, 15) is 4.79 Å². The number of aliphatic carboxylic acids is 1. The highest BCUT2D eigenvalue weighted by molar-refractivity contribution is 5.84. The Morgan fingerprint density at radius 1 is 1.53 bits per heavy atom. The molecule has 2 aromatic rings. The monoisotopic (exact) mass is 232 g/mol. The Hall–Kier alpha value is -1.84. The number of aromatic nitrogens is 2. The summed E-state index contributed by atoms with van der Waals surface area (Å²) >= 11 is 0. The maximum Gasteiger partial charge on any atom is 0.310 e. The van der Waals surface area contributed by atoms with Gasteiger partial charge in [-0.25, -0.2) is 0 Å². The summed E-state index contributed by atoms with van der Waals surface area (Å²) in [5.41, 5.74) is 2.89. The van der Waals surface area contributed by atoms with Gasteiger partial charge in [-0.05, 0) is 31.0 Å². The molecule has 1 atom stereocenters. The molecule has 0 aliphatic heterocycles. The van der Waals surface area contributed by atoms with Crippen LogP contribution in [0.15, 0.2) is 18.2 Å². The Labute approximate surface area is 99.9 Å². The first kappa shape index (κ1) is 11.6. The van der Waals surface area contributed by atoms with Crippen molar-refractivity contribution in [1.29, 1.82) is 0 Å². The van der Waals surface area contributed by atoms with Crippen LogP contribution < -0.4 is 0 Å². The molecule has 4 nitrogen and oxygen atoms in total. The first-order chi connectivity index (χ1) is 8.04. The number of benzene rings is 1. The molecule has 0 aliphatic carbocycles. The van der Waals surface area contributed by atoms with Crippen LogP contribution in [0.25, 0.3) is 10.9 Å². The Morgan fingerprint density at radius 2 is 2.24 bits per heavy atom. The number of carboxylic acids is 1. The number of rotatable bonds is 3. The van der Waals surface area contributed by atoms with Gasteiger partial charge in [-0.1, -0.05) is 13.0 Å². The van der Waals surface area contributed by atoms with E-state index in [1.165, 1.54) is 0 Å². The largest absolute Gasteiger partial charge is 0.481 e. The molecule has 0 saturated carbocycles. The Bertz CT molecular complexity index is 572. The molecule has 0 saturated heterocycles. The number of fused-ring (bicyclic) bond motifs is 1. The van der Waals surface area contributed by atoms with Crippen molar-refractivity contribution in [1.82, 2.24) is 9.78 Å². The second-order valence-corrected chi connectivity index (χ2v) is 4.26. The van der Waals surface area contributed by atoms with E-state index in [4.69, 9.17) is 5.11 Å². The minimum absolute atomic E-state index is 0.482. The van der Waals surface area contributed by atoms with Crippen molar-refractivity contribution in [2.75, 3.05) is 0 Å². The number of carbonyl (C=O) groups is 1. The smallest absolute Gasteiger partial charge is 0.310 e. The first-order valence-corrected chi connectivity index (χ1v) is 5.73. The predicted molar refractivity (Wildman–Crippen MR) is 66.1 cm³/mol. The van der Waals surface area contributed by atoms with E-state index in [1.54, 1.807) is 6.92 Å². The third-order valence-electron chi connectivity index (χ3n) is 3.19. The molecule has 1 aromatic carbocycles. The van der Waals surface area contributed by atoms with Gasteiger partial charge in [-0.15, -0.1) is 0 Å². The van der Waals surface area contributed by atoms with Gasteiger partial charge < -0.3 is 5.11 Å². The third-order valence-corrected chi connectivity index (χ3v) is 3.19. The quantitative estimate of drug-likeness (QED) is 0.883. The summed E-state index contributed by atoms with van der Waals surface area (Å²) in [7, 11) is 1.92. The normalized spacial score (nSPS) is 12.9. The molecule has 0 bridgehead atoms. The number of aryl methyl sites for hydroxylation is 2. The van der Waals surface area contributed by atoms with Crippen LogP contribution in [0.2, 0.25) is 0 Å². The van der Waals surface area contributed by atoms with Gasteiger partial charge in [0.05, 0.1) is 11.4 Å². The summed E-state index contributed by atoms with van der Waals surface area (Å²) in [5, 5.41) is 14.5. The highest BCUT2D eigenvalue weighted by Gasteiger charge is 2.15. The van der Waals surface area contributed by atoms with Crippen LogP contribution in [0, 0.1) is 0 Å². The maximum absolute atomic E-state index is 11.0. The molecule has 4 heteroatoms. The predicted octanol–water partition coefficient (Wildman–Crippen LogP) is 2.32. The number of carboxylic acid groups (broad SMARTS) is 1. The second-order valence-electron chi connectivity index (χ2n) is 4.26. The van der Waals surface area contributed by atoms with Gasteiger partial charge >= 0.3 is 5.97 Å². The van der Waals surface area contributed by atoms with Crippen LogP contribution >= 0.6 is 0 Å². The minimum atomic E-state index is -0.800. The van der Waals surface area contributed by atoms with Crippen LogP contribution in [0.4, 0.5) is 0 Å². The van der Waals surface area contributed by atoms with Crippen molar-refractivity contribution < 1.29 is 9.90 Å². The van der Waals surface area contributed by atoms with E-state index in [-0.39, 0.29) is 0 Å². The van der Waals surface area contributed by atoms with E-state index in [0.29, 0.717) is 0 Å². The Kier molecular flexibility index (Phi) is 2.88. The van der Waals surface area contributed by atoms with Gasteiger partial charge in [0.1, 0.15) is 0 Å². The zero-order valence-electron chi connectivity index (χ0n) is 10.3. The van der Waals surface area contributed by atoms with Crippen molar-refractivity contribution in [2.45, 2.75) is 26.2 Å². The molecule has 90 valence electrons. The summed E-state index contributed by atoms with van der Waals surface area (Å²) in [5.74, 6) is -1.28. The van der Waals surface area contributed by atoms with Crippen molar-refractivity contribution in [2.24, 2.45) is 7.05 Å². The molecule has 0 fully saturated rings. The average Bonchev–Trinajstić information content (AvgIpc) is 2.62. The number of hydrogen-bond acceptors (Lipinski definition) is 2. The molecular weight excluding hydrogens is 216 g/mol. The molecule has 0 radical (unpaired) electrons. The lowest BCUT2D eigenvalue weighted by atomic mass is 9.99. The minimum Gasteiger partial charge on any atom is -0.481 e. The van der Waals surface area contributed by atoms with Gasteiger partial charge in [-0.2, -0.15) is 5.10 Å². The maximum atomic E-state index is 11.0. The SMILES string of the molecule is CCc1c2cc(C(C)C(=O)O)ccc2nn1C. The molecule has 1 aromatic heterocycles. The highest BCUT2D eigenvalue weighted by atomic mass is 16.4. The fourth-order valence-electron chi connectivity index (χ4n) is 2.10. The fourth-order valence-corrected chi connectivity index (χ4v) is 2.10. The van der Waals surface area contributed by atoms with Gasteiger partial charge in [-0.3, -0.25) is 9.48 Å². The fraction of sp³-hybridized carbons (Fsp3) is 0.385.